The molecule has 0 saturated heterocycles. The Morgan fingerprint density at radius 3 is 2.94 bits per heavy atom. The summed E-state index contributed by atoms with van der Waals surface area (Å²) in [6.07, 6.45) is 1.80. The minimum absolute atomic E-state index is 0.132. The molecule has 17 heavy (non-hydrogen) atoms. The van der Waals surface area contributed by atoms with E-state index in [1.54, 1.807) is 6.08 Å². The highest BCUT2D eigenvalue weighted by molar-refractivity contribution is 6.30. The fourth-order valence-electron chi connectivity index (χ4n) is 1.38. The summed E-state index contributed by atoms with van der Waals surface area (Å²) in [5.74, 6) is 6.10. The highest BCUT2D eigenvalue weighted by Crippen LogP contribution is 2.09. The zero-order valence-corrected chi connectivity index (χ0v) is 10.5. The molecule has 0 heterocycles. The van der Waals surface area contributed by atoms with E-state index in [-0.39, 0.29) is 6.61 Å². The zero-order valence-electron chi connectivity index (χ0n) is 9.69. The molecule has 0 atom stereocenters. The number of aliphatic hydroxyl groups is 1. The number of hydrogen-bond donors (Lipinski definition) is 1. The van der Waals surface area contributed by atoms with Crippen LogP contribution in [0, 0.1) is 11.8 Å². The Bertz CT molecular complexity index is 420. The van der Waals surface area contributed by atoms with Crippen molar-refractivity contribution < 1.29 is 5.11 Å². The lowest BCUT2D eigenvalue weighted by molar-refractivity contribution is 0.222. The molecule has 0 spiro atoms. The molecule has 90 valence electrons. The molecule has 1 rings (SSSR count). The second-order valence-corrected chi connectivity index (χ2v) is 4.00. The molecule has 0 fully saturated rings. The molecule has 0 saturated carbocycles. The molecule has 0 radical (unpaired) electrons. The van der Waals surface area contributed by atoms with Gasteiger partial charge in [-0.15, -0.1) is 6.58 Å². The maximum absolute atomic E-state index is 8.87. The first-order valence-electron chi connectivity index (χ1n) is 5.45. The van der Waals surface area contributed by atoms with Crippen molar-refractivity contribution in [2.75, 3.05) is 26.2 Å². The van der Waals surface area contributed by atoms with E-state index in [0.717, 1.165) is 12.1 Å². The Morgan fingerprint density at radius 2 is 2.29 bits per heavy atom. The SMILES string of the molecule is C=CCN(CC#Cc1cccc(Cl)c1)CCO. The lowest BCUT2D eigenvalue weighted by Crippen LogP contribution is -2.27. The first-order valence-corrected chi connectivity index (χ1v) is 5.82. The van der Waals surface area contributed by atoms with E-state index >= 15 is 0 Å². The van der Waals surface area contributed by atoms with E-state index in [1.807, 2.05) is 29.2 Å². The van der Waals surface area contributed by atoms with Gasteiger partial charge in [0.1, 0.15) is 0 Å². The second-order valence-electron chi connectivity index (χ2n) is 3.56. The van der Waals surface area contributed by atoms with Gasteiger partial charge >= 0.3 is 0 Å². The molecule has 1 aromatic rings. The minimum Gasteiger partial charge on any atom is -0.395 e. The molecule has 0 aliphatic heterocycles. The van der Waals surface area contributed by atoms with Crippen LogP contribution in [0.15, 0.2) is 36.9 Å². The molecule has 0 bridgehead atoms. The molecule has 0 aliphatic carbocycles. The standard InChI is InChI=1S/C14H16ClNO/c1-2-8-16(10-11-17)9-4-6-13-5-3-7-14(15)12-13/h2-3,5,7,12,17H,1,8-11H2. The van der Waals surface area contributed by atoms with Crippen LogP contribution in [0.5, 0.6) is 0 Å². The predicted molar refractivity (Wildman–Crippen MR) is 72.1 cm³/mol. The van der Waals surface area contributed by atoms with E-state index in [1.165, 1.54) is 0 Å². The van der Waals surface area contributed by atoms with Crippen LogP contribution in [-0.4, -0.2) is 36.2 Å². The Hall–Kier alpha value is -1.27. The highest BCUT2D eigenvalue weighted by Gasteiger charge is 1.98. The van der Waals surface area contributed by atoms with Crippen molar-refractivity contribution in [2.24, 2.45) is 0 Å². The van der Waals surface area contributed by atoms with Crippen LogP contribution in [-0.2, 0) is 0 Å². The van der Waals surface area contributed by atoms with Crippen LogP contribution in [0.1, 0.15) is 5.56 Å². The fraction of sp³-hybridized carbons (Fsp3) is 0.286. The lowest BCUT2D eigenvalue weighted by atomic mass is 10.2. The van der Waals surface area contributed by atoms with Crippen molar-refractivity contribution in [3.05, 3.63) is 47.5 Å². The average molecular weight is 250 g/mol. The summed E-state index contributed by atoms with van der Waals surface area (Å²) >= 11 is 5.86. The number of aliphatic hydroxyl groups excluding tert-OH is 1. The van der Waals surface area contributed by atoms with Crippen LogP contribution < -0.4 is 0 Å². The third kappa shape index (κ3) is 5.55. The summed E-state index contributed by atoms with van der Waals surface area (Å²) < 4.78 is 0. The third-order valence-corrected chi connectivity index (χ3v) is 2.40. The molecular weight excluding hydrogens is 234 g/mol. The van der Waals surface area contributed by atoms with Crippen LogP contribution >= 0.6 is 11.6 Å². The van der Waals surface area contributed by atoms with Crippen LogP contribution in [0.2, 0.25) is 5.02 Å². The summed E-state index contributed by atoms with van der Waals surface area (Å²) in [5.41, 5.74) is 0.903. The Morgan fingerprint density at radius 1 is 1.47 bits per heavy atom. The number of nitrogens with zero attached hydrogens (tertiary/aromatic N) is 1. The summed E-state index contributed by atoms with van der Waals surface area (Å²) in [6, 6.07) is 7.45. The quantitative estimate of drug-likeness (QED) is 0.639. The van der Waals surface area contributed by atoms with Crippen LogP contribution in [0.3, 0.4) is 0 Å². The Labute approximate surface area is 108 Å². The number of halogens is 1. The molecule has 2 nitrogen and oxygen atoms in total. The van der Waals surface area contributed by atoms with E-state index in [4.69, 9.17) is 16.7 Å². The summed E-state index contributed by atoms with van der Waals surface area (Å²) in [4.78, 5) is 2.02. The van der Waals surface area contributed by atoms with Crippen molar-refractivity contribution in [2.45, 2.75) is 0 Å². The number of rotatable bonds is 5. The van der Waals surface area contributed by atoms with Gasteiger partial charge < -0.3 is 5.11 Å². The van der Waals surface area contributed by atoms with E-state index in [2.05, 4.69) is 18.4 Å². The molecule has 0 aliphatic rings. The smallest absolute Gasteiger partial charge is 0.0608 e. The van der Waals surface area contributed by atoms with Crippen molar-refractivity contribution in [1.29, 1.82) is 0 Å². The van der Waals surface area contributed by atoms with Crippen LogP contribution in [0.4, 0.5) is 0 Å². The largest absolute Gasteiger partial charge is 0.395 e. The molecule has 0 amide bonds. The van der Waals surface area contributed by atoms with Crippen molar-refractivity contribution >= 4 is 11.6 Å². The Balaban J connectivity index is 2.56. The van der Waals surface area contributed by atoms with Gasteiger partial charge in [0.2, 0.25) is 0 Å². The molecular formula is C14H16ClNO. The monoisotopic (exact) mass is 249 g/mol. The van der Waals surface area contributed by atoms with Gasteiger partial charge in [-0.1, -0.05) is 35.6 Å². The molecule has 0 unspecified atom stereocenters. The highest BCUT2D eigenvalue weighted by atomic mass is 35.5. The first-order chi connectivity index (χ1) is 8.26. The summed E-state index contributed by atoms with van der Waals surface area (Å²) in [5, 5.41) is 9.56. The van der Waals surface area contributed by atoms with Crippen molar-refractivity contribution in [1.82, 2.24) is 4.90 Å². The molecule has 1 N–H and O–H groups in total. The minimum atomic E-state index is 0.132. The number of benzene rings is 1. The summed E-state index contributed by atoms with van der Waals surface area (Å²) in [6.45, 7) is 5.75. The first kappa shape index (κ1) is 13.8. The van der Waals surface area contributed by atoms with E-state index in [9.17, 15) is 0 Å². The fourth-order valence-corrected chi connectivity index (χ4v) is 1.57. The van der Waals surface area contributed by atoms with Crippen molar-refractivity contribution in [3.63, 3.8) is 0 Å². The lowest BCUT2D eigenvalue weighted by Gasteiger charge is -2.15. The van der Waals surface area contributed by atoms with Gasteiger partial charge in [-0.2, -0.15) is 0 Å². The zero-order chi connectivity index (χ0) is 12.5. The van der Waals surface area contributed by atoms with Gasteiger partial charge in [0.15, 0.2) is 0 Å². The van der Waals surface area contributed by atoms with E-state index < -0.39 is 0 Å². The van der Waals surface area contributed by atoms with Gasteiger partial charge in [-0.3, -0.25) is 4.90 Å². The third-order valence-electron chi connectivity index (χ3n) is 2.16. The Kier molecular flexibility index (Phi) is 6.42. The topological polar surface area (TPSA) is 23.5 Å². The molecule has 0 aromatic heterocycles. The predicted octanol–water partition coefficient (Wildman–Crippen LogP) is 2.17. The molecule has 3 heteroatoms. The van der Waals surface area contributed by atoms with Gasteiger partial charge in [0.05, 0.1) is 13.2 Å². The van der Waals surface area contributed by atoms with Crippen LogP contribution in [0.25, 0.3) is 0 Å². The van der Waals surface area contributed by atoms with Gasteiger partial charge in [-0.05, 0) is 18.2 Å². The normalized spacial score (nSPS) is 9.82. The second kappa shape index (κ2) is 7.92. The maximum atomic E-state index is 8.87. The maximum Gasteiger partial charge on any atom is 0.0608 e. The summed E-state index contributed by atoms with van der Waals surface area (Å²) in [7, 11) is 0. The average Bonchev–Trinajstić information content (AvgIpc) is 2.30. The van der Waals surface area contributed by atoms with Gasteiger partial charge in [-0.25, -0.2) is 0 Å². The van der Waals surface area contributed by atoms with Gasteiger partial charge in [0, 0.05) is 23.7 Å². The van der Waals surface area contributed by atoms with Crippen molar-refractivity contribution in [3.8, 4) is 11.8 Å². The molecule has 1 aromatic carbocycles. The number of hydrogen-bond acceptors (Lipinski definition) is 2. The van der Waals surface area contributed by atoms with Gasteiger partial charge in [0.25, 0.3) is 0 Å². The van der Waals surface area contributed by atoms with E-state index in [0.29, 0.717) is 18.1 Å².